The number of benzene rings is 1. The molecule has 3 N–H and O–H groups in total. The fourth-order valence-corrected chi connectivity index (χ4v) is 2.84. The first kappa shape index (κ1) is 13.9. The smallest absolute Gasteiger partial charge is 0.262 e. The van der Waals surface area contributed by atoms with Crippen LogP contribution >= 0.6 is 11.6 Å². The van der Waals surface area contributed by atoms with E-state index < -0.39 is 10.0 Å². The van der Waals surface area contributed by atoms with Gasteiger partial charge in [0.2, 0.25) is 0 Å². The third-order valence-electron chi connectivity index (χ3n) is 2.50. The molecule has 1 heterocycles. The Morgan fingerprint density at radius 1 is 1.47 bits per heavy atom. The van der Waals surface area contributed by atoms with Gasteiger partial charge in [0.15, 0.2) is 0 Å². The van der Waals surface area contributed by atoms with E-state index >= 15 is 0 Å². The average molecular weight is 301 g/mol. The molecule has 0 bridgehead atoms. The summed E-state index contributed by atoms with van der Waals surface area (Å²) in [6.07, 6.45) is 2.99. The number of aromatic nitrogens is 2. The number of hydrogen-bond donors (Lipinski definition) is 2. The van der Waals surface area contributed by atoms with Crippen molar-refractivity contribution < 1.29 is 8.42 Å². The molecule has 0 saturated carbocycles. The number of anilines is 1. The highest BCUT2D eigenvalue weighted by atomic mass is 35.5. The monoisotopic (exact) mass is 300 g/mol. The van der Waals surface area contributed by atoms with Gasteiger partial charge in [0.05, 0.1) is 16.8 Å². The molecule has 19 heavy (non-hydrogen) atoms. The predicted octanol–water partition coefficient (Wildman–Crippen LogP) is 1.33. The summed E-state index contributed by atoms with van der Waals surface area (Å²) in [5.74, 6) is 0. The Labute approximate surface area is 116 Å². The maximum Gasteiger partial charge on any atom is 0.262 e. The largest absolute Gasteiger partial charge is 0.326 e. The zero-order valence-electron chi connectivity index (χ0n) is 10.2. The van der Waals surface area contributed by atoms with Crippen molar-refractivity contribution in [1.82, 2.24) is 9.78 Å². The molecule has 0 aliphatic rings. The summed E-state index contributed by atoms with van der Waals surface area (Å²) in [6.45, 7) is 0.176. The van der Waals surface area contributed by atoms with Crippen LogP contribution in [0.4, 0.5) is 5.69 Å². The quantitative estimate of drug-likeness (QED) is 0.891. The van der Waals surface area contributed by atoms with Crippen LogP contribution < -0.4 is 10.5 Å². The molecule has 0 unspecified atom stereocenters. The number of rotatable bonds is 4. The van der Waals surface area contributed by atoms with E-state index in [1.165, 1.54) is 29.1 Å². The van der Waals surface area contributed by atoms with E-state index in [1.807, 2.05) is 0 Å². The highest BCUT2D eigenvalue weighted by molar-refractivity contribution is 7.92. The first-order chi connectivity index (χ1) is 8.92. The third-order valence-corrected chi connectivity index (χ3v) is 4.25. The molecule has 0 spiro atoms. The standard InChI is InChI=1S/C11H13ClN4O2S/c1-16-7-9(6-14-16)15-19(17,18)10-2-3-11(12)8(4-10)5-13/h2-4,6-7,15H,5,13H2,1H3. The molecular weight excluding hydrogens is 288 g/mol. The predicted molar refractivity (Wildman–Crippen MR) is 73.4 cm³/mol. The molecule has 1 aromatic carbocycles. The lowest BCUT2D eigenvalue weighted by Gasteiger charge is -2.08. The molecule has 8 heteroatoms. The highest BCUT2D eigenvalue weighted by Gasteiger charge is 2.16. The fourth-order valence-electron chi connectivity index (χ4n) is 1.56. The highest BCUT2D eigenvalue weighted by Crippen LogP contribution is 2.21. The van der Waals surface area contributed by atoms with Crippen LogP contribution in [-0.2, 0) is 23.6 Å². The van der Waals surface area contributed by atoms with Gasteiger partial charge in [-0.15, -0.1) is 0 Å². The van der Waals surface area contributed by atoms with Crippen LogP contribution in [0.3, 0.4) is 0 Å². The average Bonchev–Trinajstić information content (AvgIpc) is 2.74. The van der Waals surface area contributed by atoms with Crippen LogP contribution in [0, 0.1) is 0 Å². The van der Waals surface area contributed by atoms with Crippen molar-refractivity contribution in [2.45, 2.75) is 11.4 Å². The van der Waals surface area contributed by atoms with Crippen molar-refractivity contribution in [3.8, 4) is 0 Å². The van der Waals surface area contributed by atoms with Crippen LogP contribution in [0.2, 0.25) is 5.02 Å². The van der Waals surface area contributed by atoms with E-state index in [9.17, 15) is 8.42 Å². The normalized spacial score (nSPS) is 11.5. The van der Waals surface area contributed by atoms with Gasteiger partial charge in [0.25, 0.3) is 10.0 Å². The second-order valence-corrected chi connectivity index (χ2v) is 6.06. The molecular formula is C11H13ClN4O2S. The fraction of sp³-hybridized carbons (Fsp3) is 0.182. The number of nitrogens with one attached hydrogen (secondary N) is 1. The maximum atomic E-state index is 12.2. The number of hydrogen-bond acceptors (Lipinski definition) is 4. The number of halogens is 1. The molecule has 0 radical (unpaired) electrons. The zero-order valence-corrected chi connectivity index (χ0v) is 11.7. The molecule has 2 aromatic rings. The van der Waals surface area contributed by atoms with E-state index in [1.54, 1.807) is 13.2 Å². The van der Waals surface area contributed by atoms with Gasteiger partial charge in [-0.2, -0.15) is 5.10 Å². The Morgan fingerprint density at radius 2 is 2.21 bits per heavy atom. The topological polar surface area (TPSA) is 90.0 Å². The van der Waals surface area contributed by atoms with Crippen molar-refractivity contribution in [3.05, 3.63) is 41.2 Å². The van der Waals surface area contributed by atoms with Crippen LogP contribution in [0.5, 0.6) is 0 Å². The molecule has 0 saturated heterocycles. The first-order valence-corrected chi connectivity index (χ1v) is 7.28. The number of sulfonamides is 1. The summed E-state index contributed by atoms with van der Waals surface area (Å²) < 4.78 is 28.3. The van der Waals surface area contributed by atoms with Gasteiger partial charge < -0.3 is 5.73 Å². The molecule has 2 rings (SSSR count). The summed E-state index contributed by atoms with van der Waals surface area (Å²) in [5, 5.41) is 4.34. The molecule has 0 aliphatic carbocycles. The Balaban J connectivity index is 2.34. The first-order valence-electron chi connectivity index (χ1n) is 5.42. The van der Waals surface area contributed by atoms with Gasteiger partial charge in [-0.3, -0.25) is 9.40 Å². The zero-order chi connectivity index (χ0) is 14.0. The van der Waals surface area contributed by atoms with Gasteiger partial charge in [-0.05, 0) is 23.8 Å². The summed E-state index contributed by atoms with van der Waals surface area (Å²) in [7, 11) is -1.97. The number of nitrogens with two attached hydrogens (primary N) is 1. The lowest BCUT2D eigenvalue weighted by Crippen LogP contribution is -2.13. The maximum absolute atomic E-state index is 12.2. The van der Waals surface area contributed by atoms with E-state index in [2.05, 4.69) is 9.82 Å². The van der Waals surface area contributed by atoms with Crippen molar-refractivity contribution in [2.24, 2.45) is 12.8 Å². The second-order valence-electron chi connectivity index (χ2n) is 3.97. The molecule has 102 valence electrons. The Kier molecular flexibility index (Phi) is 3.79. The lowest BCUT2D eigenvalue weighted by atomic mass is 10.2. The van der Waals surface area contributed by atoms with Gasteiger partial charge >= 0.3 is 0 Å². The van der Waals surface area contributed by atoms with Gasteiger partial charge in [0, 0.05) is 24.8 Å². The molecule has 6 nitrogen and oxygen atoms in total. The van der Waals surface area contributed by atoms with Crippen LogP contribution in [0.15, 0.2) is 35.5 Å². The summed E-state index contributed by atoms with van der Waals surface area (Å²) in [4.78, 5) is 0.112. The van der Waals surface area contributed by atoms with Crippen molar-refractivity contribution in [2.75, 3.05) is 4.72 Å². The SMILES string of the molecule is Cn1cc(NS(=O)(=O)c2ccc(Cl)c(CN)c2)cn1. The Hall–Kier alpha value is -1.57. The minimum atomic E-state index is -3.67. The molecule has 0 aliphatic heterocycles. The molecule has 0 fully saturated rings. The molecule has 0 amide bonds. The van der Waals surface area contributed by atoms with Crippen LogP contribution in [0.25, 0.3) is 0 Å². The minimum Gasteiger partial charge on any atom is -0.326 e. The van der Waals surface area contributed by atoms with E-state index in [0.29, 0.717) is 16.3 Å². The van der Waals surface area contributed by atoms with Crippen molar-refractivity contribution in [1.29, 1.82) is 0 Å². The van der Waals surface area contributed by atoms with E-state index in [-0.39, 0.29) is 11.4 Å². The lowest BCUT2D eigenvalue weighted by molar-refractivity contribution is 0.601. The van der Waals surface area contributed by atoms with Gasteiger partial charge in [0.1, 0.15) is 0 Å². The summed E-state index contributed by atoms with van der Waals surface area (Å²) >= 11 is 5.90. The third kappa shape index (κ3) is 3.06. The van der Waals surface area contributed by atoms with Crippen LogP contribution in [-0.4, -0.2) is 18.2 Å². The van der Waals surface area contributed by atoms with Gasteiger partial charge in [-0.1, -0.05) is 11.6 Å². The Bertz CT molecular complexity index is 696. The van der Waals surface area contributed by atoms with Gasteiger partial charge in [-0.25, -0.2) is 8.42 Å². The second kappa shape index (κ2) is 5.20. The molecule has 0 atom stereocenters. The van der Waals surface area contributed by atoms with Crippen molar-refractivity contribution >= 4 is 27.3 Å². The van der Waals surface area contributed by atoms with Crippen molar-refractivity contribution in [3.63, 3.8) is 0 Å². The summed E-state index contributed by atoms with van der Waals surface area (Å²) in [5.41, 5.74) is 6.48. The number of nitrogens with zero attached hydrogens (tertiary/aromatic N) is 2. The summed E-state index contributed by atoms with van der Waals surface area (Å²) in [6, 6.07) is 4.41. The minimum absolute atomic E-state index is 0.112. The van der Waals surface area contributed by atoms with Crippen LogP contribution in [0.1, 0.15) is 5.56 Å². The Morgan fingerprint density at radius 3 is 2.79 bits per heavy atom. The number of aryl methyl sites for hydroxylation is 1. The van der Waals surface area contributed by atoms with E-state index in [4.69, 9.17) is 17.3 Å². The molecule has 1 aromatic heterocycles. The van der Waals surface area contributed by atoms with E-state index in [0.717, 1.165) is 0 Å².